The van der Waals surface area contributed by atoms with Crippen LogP contribution in [-0.4, -0.2) is 30.8 Å². The molecule has 6 nitrogen and oxygen atoms in total. The molecule has 3 heterocycles. The minimum atomic E-state index is -3.73. The quantitative estimate of drug-likeness (QED) is 0.434. The van der Waals surface area contributed by atoms with E-state index in [1.54, 1.807) is 17.0 Å². The van der Waals surface area contributed by atoms with Gasteiger partial charge in [0, 0.05) is 63.7 Å². The zero-order valence-electron chi connectivity index (χ0n) is 17.0. The highest BCUT2D eigenvalue weighted by Crippen LogP contribution is 2.30. The van der Waals surface area contributed by atoms with Crippen LogP contribution in [-0.2, 0) is 29.5 Å². The number of sulfonamides is 1. The number of rotatable bonds is 5. The van der Waals surface area contributed by atoms with Crippen LogP contribution in [0.15, 0.2) is 64.9 Å². The molecule has 2 aromatic heterocycles. The summed E-state index contributed by atoms with van der Waals surface area (Å²) in [6.45, 7) is 1.22. The second kappa shape index (κ2) is 8.37. The van der Waals surface area contributed by atoms with Gasteiger partial charge >= 0.3 is 0 Å². The molecule has 0 fully saturated rings. The van der Waals surface area contributed by atoms with Crippen molar-refractivity contribution >= 4 is 49.8 Å². The molecule has 0 saturated carbocycles. The molecule has 2 aromatic carbocycles. The van der Waals surface area contributed by atoms with Gasteiger partial charge in [-0.1, -0.05) is 23.7 Å². The number of aromatic nitrogens is 1. The molecule has 164 valence electrons. The highest BCUT2D eigenvalue weighted by atomic mass is 35.5. The minimum absolute atomic E-state index is 0.0801. The van der Waals surface area contributed by atoms with E-state index in [9.17, 15) is 13.2 Å². The standard InChI is InChI=1S/C23H20ClN3O3S2/c24-16-6-7-21-19(12-16)20-14-27(9-8-22(20)26-21)23(28)15-3-1-5-18(11-15)32(29,30)25-13-17-4-2-10-31-17/h1-7,10-12,25-26H,8-9,13-14H2. The van der Waals surface area contributed by atoms with Crippen LogP contribution in [0.5, 0.6) is 0 Å². The zero-order chi connectivity index (χ0) is 22.3. The number of thiophene rings is 1. The van der Waals surface area contributed by atoms with E-state index in [-0.39, 0.29) is 17.3 Å². The molecule has 1 amide bonds. The van der Waals surface area contributed by atoms with Gasteiger partial charge in [0.1, 0.15) is 0 Å². The molecule has 0 aliphatic carbocycles. The number of nitrogens with one attached hydrogen (secondary N) is 2. The average molecular weight is 486 g/mol. The summed E-state index contributed by atoms with van der Waals surface area (Å²) in [5.41, 5.74) is 3.52. The first-order valence-corrected chi connectivity index (χ1v) is 12.9. The van der Waals surface area contributed by atoms with Crippen molar-refractivity contribution in [2.45, 2.75) is 24.4 Å². The Morgan fingerprint density at radius 1 is 1.16 bits per heavy atom. The van der Waals surface area contributed by atoms with Crippen LogP contribution in [0.2, 0.25) is 5.02 Å². The summed E-state index contributed by atoms with van der Waals surface area (Å²) in [5, 5.41) is 3.56. The summed E-state index contributed by atoms with van der Waals surface area (Å²) >= 11 is 7.66. The van der Waals surface area contributed by atoms with Gasteiger partial charge in [-0.15, -0.1) is 11.3 Å². The van der Waals surface area contributed by atoms with Crippen molar-refractivity contribution in [1.82, 2.24) is 14.6 Å². The smallest absolute Gasteiger partial charge is 0.254 e. The largest absolute Gasteiger partial charge is 0.358 e. The van der Waals surface area contributed by atoms with Crippen LogP contribution in [0.1, 0.15) is 26.5 Å². The predicted molar refractivity (Wildman–Crippen MR) is 127 cm³/mol. The summed E-state index contributed by atoms with van der Waals surface area (Å²) in [7, 11) is -3.73. The fourth-order valence-corrected chi connectivity index (χ4v) is 5.96. The number of carbonyl (C=O) groups excluding carboxylic acids is 1. The van der Waals surface area contributed by atoms with Gasteiger partial charge in [0.2, 0.25) is 10.0 Å². The molecule has 5 rings (SSSR count). The van der Waals surface area contributed by atoms with Crippen LogP contribution >= 0.6 is 22.9 Å². The van der Waals surface area contributed by atoms with E-state index in [0.29, 0.717) is 30.1 Å². The van der Waals surface area contributed by atoms with Gasteiger partial charge in [-0.3, -0.25) is 4.79 Å². The summed E-state index contributed by atoms with van der Waals surface area (Å²) in [4.78, 5) is 19.4. The van der Waals surface area contributed by atoms with Gasteiger partial charge in [-0.25, -0.2) is 13.1 Å². The highest BCUT2D eigenvalue weighted by Gasteiger charge is 2.26. The highest BCUT2D eigenvalue weighted by molar-refractivity contribution is 7.89. The van der Waals surface area contributed by atoms with E-state index < -0.39 is 10.0 Å². The third kappa shape index (κ3) is 4.06. The van der Waals surface area contributed by atoms with Gasteiger partial charge in [0.05, 0.1) is 4.90 Å². The Morgan fingerprint density at radius 3 is 2.84 bits per heavy atom. The van der Waals surface area contributed by atoms with Crippen molar-refractivity contribution in [3.8, 4) is 0 Å². The van der Waals surface area contributed by atoms with E-state index in [1.807, 2.05) is 35.7 Å². The molecule has 9 heteroatoms. The van der Waals surface area contributed by atoms with Crippen molar-refractivity contribution in [3.05, 3.63) is 86.7 Å². The van der Waals surface area contributed by atoms with Crippen LogP contribution in [0.25, 0.3) is 10.9 Å². The van der Waals surface area contributed by atoms with Crippen molar-refractivity contribution in [3.63, 3.8) is 0 Å². The number of H-pyrrole nitrogens is 1. The maximum absolute atomic E-state index is 13.2. The summed E-state index contributed by atoms with van der Waals surface area (Å²) in [6, 6.07) is 15.6. The Balaban J connectivity index is 1.37. The lowest BCUT2D eigenvalue weighted by Crippen LogP contribution is -2.36. The monoisotopic (exact) mass is 485 g/mol. The summed E-state index contributed by atoms with van der Waals surface area (Å²) in [5.74, 6) is -0.192. The molecule has 1 aliphatic rings. The Bertz CT molecular complexity index is 1410. The molecule has 0 atom stereocenters. The number of benzene rings is 2. The fraction of sp³-hybridized carbons (Fsp3) is 0.174. The summed E-state index contributed by atoms with van der Waals surface area (Å²) in [6.07, 6.45) is 0.702. The number of halogens is 1. The van der Waals surface area contributed by atoms with Crippen molar-refractivity contribution in [1.29, 1.82) is 0 Å². The number of carbonyl (C=O) groups is 1. The molecule has 0 spiro atoms. The number of hydrogen-bond acceptors (Lipinski definition) is 4. The number of aromatic amines is 1. The van der Waals surface area contributed by atoms with Crippen LogP contribution in [0, 0.1) is 0 Å². The van der Waals surface area contributed by atoms with E-state index in [0.717, 1.165) is 27.0 Å². The third-order valence-electron chi connectivity index (χ3n) is 5.63. The lowest BCUT2D eigenvalue weighted by molar-refractivity contribution is 0.0735. The zero-order valence-corrected chi connectivity index (χ0v) is 19.4. The minimum Gasteiger partial charge on any atom is -0.358 e. The lowest BCUT2D eigenvalue weighted by atomic mass is 10.0. The number of nitrogens with zero attached hydrogens (tertiary/aromatic N) is 1. The van der Waals surface area contributed by atoms with Crippen molar-refractivity contribution < 1.29 is 13.2 Å². The maximum Gasteiger partial charge on any atom is 0.254 e. The average Bonchev–Trinajstić information content (AvgIpc) is 3.44. The molecular weight excluding hydrogens is 466 g/mol. The van der Waals surface area contributed by atoms with Gasteiger partial charge in [0.25, 0.3) is 5.91 Å². The molecular formula is C23H20ClN3O3S2. The number of fused-ring (bicyclic) bond motifs is 3. The van der Waals surface area contributed by atoms with E-state index in [4.69, 9.17) is 11.6 Å². The van der Waals surface area contributed by atoms with Crippen LogP contribution < -0.4 is 4.72 Å². The molecule has 0 unspecified atom stereocenters. The van der Waals surface area contributed by atoms with Gasteiger partial charge in [-0.2, -0.15) is 0 Å². The van der Waals surface area contributed by atoms with Crippen LogP contribution in [0.3, 0.4) is 0 Å². The first-order chi connectivity index (χ1) is 15.4. The topological polar surface area (TPSA) is 82.3 Å². The second-order valence-electron chi connectivity index (χ2n) is 7.68. The van der Waals surface area contributed by atoms with E-state index in [1.165, 1.54) is 23.5 Å². The Kier molecular flexibility index (Phi) is 5.54. The number of amides is 1. The molecule has 4 aromatic rings. The van der Waals surface area contributed by atoms with Gasteiger partial charge in [0.15, 0.2) is 0 Å². The summed E-state index contributed by atoms with van der Waals surface area (Å²) < 4.78 is 28.1. The molecule has 2 N–H and O–H groups in total. The number of hydrogen-bond donors (Lipinski definition) is 2. The first kappa shape index (κ1) is 21.2. The molecule has 0 bridgehead atoms. The fourth-order valence-electron chi connectivity index (χ4n) is 4.00. The first-order valence-electron chi connectivity index (χ1n) is 10.1. The Morgan fingerprint density at radius 2 is 2.03 bits per heavy atom. The third-order valence-corrected chi connectivity index (χ3v) is 8.14. The Labute approximate surface area is 194 Å². The lowest BCUT2D eigenvalue weighted by Gasteiger charge is -2.27. The predicted octanol–water partition coefficient (Wildman–Crippen LogP) is 4.56. The van der Waals surface area contributed by atoms with Gasteiger partial charge < -0.3 is 9.88 Å². The normalized spacial score (nSPS) is 14.0. The molecule has 1 aliphatic heterocycles. The van der Waals surface area contributed by atoms with Crippen molar-refractivity contribution in [2.24, 2.45) is 0 Å². The van der Waals surface area contributed by atoms with Gasteiger partial charge in [-0.05, 0) is 47.8 Å². The molecule has 32 heavy (non-hydrogen) atoms. The second-order valence-corrected chi connectivity index (χ2v) is 10.9. The van der Waals surface area contributed by atoms with E-state index in [2.05, 4.69) is 9.71 Å². The SMILES string of the molecule is O=C(c1cccc(S(=O)(=O)NCc2cccs2)c1)N1CCc2[nH]c3ccc(Cl)cc3c2C1. The molecule has 0 radical (unpaired) electrons. The maximum atomic E-state index is 13.2. The van der Waals surface area contributed by atoms with Crippen molar-refractivity contribution in [2.75, 3.05) is 6.54 Å². The van der Waals surface area contributed by atoms with E-state index >= 15 is 0 Å². The van der Waals surface area contributed by atoms with Crippen LogP contribution in [0.4, 0.5) is 0 Å². The Hall–Kier alpha value is -2.65. The molecule has 0 saturated heterocycles.